The van der Waals surface area contributed by atoms with Gasteiger partial charge in [-0.1, -0.05) is 33.6 Å². The molecular weight excluding hydrogens is 178 g/mol. The molecule has 0 saturated heterocycles. The van der Waals surface area contributed by atoms with Gasteiger partial charge in [0.05, 0.1) is 11.8 Å². The van der Waals surface area contributed by atoms with Crippen LogP contribution in [0.3, 0.4) is 0 Å². The van der Waals surface area contributed by atoms with Crippen LogP contribution in [0, 0.1) is 5.92 Å². The number of carbonyl (C=O) groups is 1. The fourth-order valence-electron chi connectivity index (χ4n) is 0.702. The van der Waals surface area contributed by atoms with E-state index in [-0.39, 0.29) is 17.2 Å². The van der Waals surface area contributed by atoms with Gasteiger partial charge >= 0.3 is 0 Å². The van der Waals surface area contributed by atoms with Gasteiger partial charge in [0.25, 0.3) is 5.91 Å². The van der Waals surface area contributed by atoms with Gasteiger partial charge in [-0.25, -0.2) is 0 Å². The van der Waals surface area contributed by atoms with Gasteiger partial charge in [-0.3, -0.25) is 4.79 Å². The van der Waals surface area contributed by atoms with Crippen molar-refractivity contribution in [3.05, 3.63) is 37.3 Å². The average molecular weight is 195 g/mol. The van der Waals surface area contributed by atoms with Gasteiger partial charge in [0, 0.05) is 6.54 Å². The second kappa shape index (κ2) is 6.02. The van der Waals surface area contributed by atoms with Crippen LogP contribution < -0.4 is 5.32 Å². The highest BCUT2D eigenvalue weighted by Crippen LogP contribution is 2.07. The van der Waals surface area contributed by atoms with E-state index >= 15 is 0 Å². The smallest absolute Gasteiger partial charge is 0.254 e. The highest BCUT2D eigenvalue weighted by Gasteiger charge is 2.10. The van der Waals surface area contributed by atoms with Gasteiger partial charge in [-0.2, -0.15) is 0 Å². The monoisotopic (exact) mass is 195 g/mol. The fraction of sp³-hybridized carbons (Fsp3) is 0.364. The van der Waals surface area contributed by atoms with Gasteiger partial charge in [-0.05, 0) is 5.92 Å². The average Bonchev–Trinajstić information content (AvgIpc) is 2.13. The number of rotatable bonds is 6. The molecule has 0 aromatic carbocycles. The molecule has 0 aromatic heterocycles. The van der Waals surface area contributed by atoms with E-state index in [0.717, 1.165) is 0 Å². The molecule has 0 bridgehead atoms. The van der Waals surface area contributed by atoms with Crippen molar-refractivity contribution in [1.29, 1.82) is 0 Å². The molecule has 0 aliphatic heterocycles. The minimum absolute atomic E-state index is 0.223. The Morgan fingerprint density at radius 3 is 2.50 bits per heavy atom. The van der Waals surface area contributed by atoms with Crippen LogP contribution in [0.1, 0.15) is 13.8 Å². The SMILES string of the molecule is C=COC(=C)C(=C)C(=O)NCC(C)C. The molecule has 0 aliphatic carbocycles. The molecule has 1 N–H and O–H groups in total. The molecule has 0 rings (SSSR count). The lowest BCUT2D eigenvalue weighted by Crippen LogP contribution is -2.28. The van der Waals surface area contributed by atoms with Gasteiger partial charge in [0.2, 0.25) is 0 Å². The van der Waals surface area contributed by atoms with Gasteiger partial charge < -0.3 is 10.1 Å². The number of ether oxygens (including phenoxy) is 1. The summed E-state index contributed by atoms with van der Waals surface area (Å²) in [6, 6.07) is 0. The van der Waals surface area contributed by atoms with Crippen molar-refractivity contribution in [2.75, 3.05) is 6.54 Å². The maximum atomic E-state index is 11.4. The van der Waals surface area contributed by atoms with Crippen LogP contribution in [0.5, 0.6) is 0 Å². The summed E-state index contributed by atoms with van der Waals surface area (Å²) in [7, 11) is 0. The van der Waals surface area contributed by atoms with Crippen molar-refractivity contribution in [1.82, 2.24) is 5.32 Å². The normalized spacial score (nSPS) is 9.36. The summed E-state index contributed by atoms with van der Waals surface area (Å²) in [5, 5.41) is 2.71. The lowest BCUT2D eigenvalue weighted by Gasteiger charge is -2.10. The predicted molar refractivity (Wildman–Crippen MR) is 57.4 cm³/mol. The molecule has 3 heteroatoms. The number of carbonyl (C=O) groups excluding carboxylic acids is 1. The van der Waals surface area contributed by atoms with E-state index in [2.05, 4.69) is 25.1 Å². The lowest BCUT2D eigenvalue weighted by molar-refractivity contribution is -0.117. The lowest BCUT2D eigenvalue weighted by atomic mass is 10.2. The van der Waals surface area contributed by atoms with Crippen molar-refractivity contribution in [2.24, 2.45) is 5.92 Å². The van der Waals surface area contributed by atoms with Gasteiger partial charge in [0.1, 0.15) is 5.76 Å². The van der Waals surface area contributed by atoms with Crippen LogP contribution in [0.4, 0.5) is 0 Å². The van der Waals surface area contributed by atoms with E-state index < -0.39 is 0 Å². The molecule has 0 unspecified atom stereocenters. The van der Waals surface area contributed by atoms with E-state index in [9.17, 15) is 4.79 Å². The molecule has 0 saturated carbocycles. The van der Waals surface area contributed by atoms with Crippen molar-refractivity contribution in [3.8, 4) is 0 Å². The summed E-state index contributed by atoms with van der Waals surface area (Å²) < 4.78 is 4.84. The molecule has 0 radical (unpaired) electrons. The third-order valence-electron chi connectivity index (χ3n) is 1.51. The summed E-state index contributed by atoms with van der Waals surface area (Å²) in [5.74, 6) is 0.368. The second-order valence-electron chi connectivity index (χ2n) is 3.29. The minimum atomic E-state index is -0.259. The van der Waals surface area contributed by atoms with Gasteiger partial charge in [0.15, 0.2) is 0 Å². The Labute approximate surface area is 85.1 Å². The van der Waals surface area contributed by atoms with Crippen molar-refractivity contribution in [2.45, 2.75) is 13.8 Å². The topological polar surface area (TPSA) is 38.3 Å². The number of hydrogen-bond acceptors (Lipinski definition) is 2. The van der Waals surface area contributed by atoms with Crippen LogP contribution in [-0.2, 0) is 9.53 Å². The maximum absolute atomic E-state index is 11.4. The molecule has 0 fully saturated rings. The largest absolute Gasteiger partial charge is 0.465 e. The number of nitrogens with one attached hydrogen (secondary N) is 1. The van der Waals surface area contributed by atoms with Crippen LogP contribution in [0.25, 0.3) is 0 Å². The third-order valence-corrected chi connectivity index (χ3v) is 1.51. The second-order valence-corrected chi connectivity index (χ2v) is 3.29. The minimum Gasteiger partial charge on any atom is -0.465 e. The Hall–Kier alpha value is -1.51. The zero-order valence-electron chi connectivity index (χ0n) is 8.80. The van der Waals surface area contributed by atoms with E-state index in [1.54, 1.807) is 0 Å². The van der Waals surface area contributed by atoms with E-state index in [1.807, 2.05) is 13.8 Å². The molecule has 0 aromatic rings. The Morgan fingerprint density at radius 2 is 2.07 bits per heavy atom. The number of hydrogen-bond donors (Lipinski definition) is 1. The molecule has 0 heterocycles. The number of amides is 1. The Balaban J connectivity index is 4.06. The quantitative estimate of drug-likeness (QED) is 0.400. The molecule has 0 aliphatic rings. The highest BCUT2D eigenvalue weighted by molar-refractivity contribution is 5.96. The first kappa shape index (κ1) is 12.5. The zero-order chi connectivity index (χ0) is 11.1. The van der Waals surface area contributed by atoms with Crippen molar-refractivity contribution in [3.63, 3.8) is 0 Å². The molecule has 0 spiro atoms. The molecule has 0 atom stereocenters. The third kappa shape index (κ3) is 4.50. The van der Waals surface area contributed by atoms with Crippen molar-refractivity contribution >= 4 is 5.91 Å². The predicted octanol–water partition coefficient (Wildman–Crippen LogP) is 1.99. The molecule has 78 valence electrons. The first-order chi connectivity index (χ1) is 6.49. The summed E-state index contributed by atoms with van der Waals surface area (Å²) >= 11 is 0. The van der Waals surface area contributed by atoms with E-state index in [0.29, 0.717) is 12.5 Å². The molecule has 1 amide bonds. The van der Waals surface area contributed by atoms with Crippen LogP contribution >= 0.6 is 0 Å². The molecule has 3 nitrogen and oxygen atoms in total. The molecular formula is C11H17NO2. The Kier molecular flexibility index (Phi) is 5.37. The summed E-state index contributed by atoms with van der Waals surface area (Å²) in [6.45, 7) is 15.1. The van der Waals surface area contributed by atoms with Gasteiger partial charge in [-0.15, -0.1) is 0 Å². The highest BCUT2D eigenvalue weighted by atomic mass is 16.5. The molecule has 14 heavy (non-hydrogen) atoms. The summed E-state index contributed by atoms with van der Waals surface area (Å²) in [5.41, 5.74) is 0.227. The standard InChI is InChI=1S/C11H17NO2/c1-6-14-10(5)9(4)11(13)12-7-8(2)3/h6,8H,1,4-5,7H2,2-3H3,(H,12,13). The fourth-order valence-corrected chi connectivity index (χ4v) is 0.702. The van der Waals surface area contributed by atoms with E-state index in [4.69, 9.17) is 4.74 Å². The first-order valence-electron chi connectivity index (χ1n) is 4.43. The van der Waals surface area contributed by atoms with Crippen LogP contribution in [0.2, 0.25) is 0 Å². The Bertz CT molecular complexity index is 254. The van der Waals surface area contributed by atoms with E-state index in [1.165, 1.54) is 6.26 Å². The summed E-state index contributed by atoms with van der Waals surface area (Å²) in [4.78, 5) is 11.4. The van der Waals surface area contributed by atoms with Crippen LogP contribution in [-0.4, -0.2) is 12.5 Å². The zero-order valence-corrected chi connectivity index (χ0v) is 8.80. The first-order valence-corrected chi connectivity index (χ1v) is 4.43. The van der Waals surface area contributed by atoms with Crippen LogP contribution in [0.15, 0.2) is 37.3 Å². The maximum Gasteiger partial charge on any atom is 0.254 e. The Morgan fingerprint density at radius 1 is 1.50 bits per heavy atom. The van der Waals surface area contributed by atoms with Crippen molar-refractivity contribution < 1.29 is 9.53 Å². The summed E-state index contributed by atoms with van der Waals surface area (Å²) in [6.07, 6.45) is 1.21.